The van der Waals surface area contributed by atoms with Gasteiger partial charge in [-0.05, 0) is 63.1 Å². The first kappa shape index (κ1) is 23.3. The largest absolute Gasteiger partial charge is 0.494 e. The number of benzene rings is 1. The highest BCUT2D eigenvalue weighted by molar-refractivity contribution is 8.00. The zero-order valence-corrected chi connectivity index (χ0v) is 20.3. The molecule has 1 unspecified atom stereocenters. The average molecular weight is 466 g/mol. The molecule has 8 heteroatoms. The number of carbonyl (C=O) groups is 1. The van der Waals surface area contributed by atoms with Gasteiger partial charge >= 0.3 is 0 Å². The molecule has 0 bridgehead atoms. The molecule has 1 aromatic carbocycles. The van der Waals surface area contributed by atoms with Crippen LogP contribution in [0.25, 0.3) is 17.1 Å². The molecule has 1 amide bonds. The summed E-state index contributed by atoms with van der Waals surface area (Å²) in [5.74, 6) is 1.63. The minimum Gasteiger partial charge on any atom is -0.494 e. The van der Waals surface area contributed by atoms with E-state index in [4.69, 9.17) is 4.74 Å². The number of rotatable bonds is 8. The molecule has 0 spiro atoms. The number of hydrogen-bond acceptors (Lipinski definition) is 6. The molecule has 0 radical (unpaired) electrons. The van der Waals surface area contributed by atoms with Gasteiger partial charge in [0.15, 0.2) is 11.0 Å². The van der Waals surface area contributed by atoms with Gasteiger partial charge in [-0.25, -0.2) is 0 Å². The van der Waals surface area contributed by atoms with Crippen LogP contribution in [-0.4, -0.2) is 55.5 Å². The molecule has 2 heterocycles. The summed E-state index contributed by atoms with van der Waals surface area (Å²) in [6, 6.07) is 12.0. The Balaban J connectivity index is 1.62. The molecule has 7 nitrogen and oxygen atoms in total. The molecular formula is C25H31N5O2S. The quantitative estimate of drug-likeness (QED) is 0.436. The maximum atomic E-state index is 13.2. The van der Waals surface area contributed by atoms with E-state index in [-0.39, 0.29) is 11.2 Å². The third kappa shape index (κ3) is 5.38. The Labute approximate surface area is 199 Å². The second kappa shape index (κ2) is 10.8. The Bertz CT molecular complexity index is 1050. The smallest absolute Gasteiger partial charge is 0.235 e. The second-order valence-electron chi connectivity index (χ2n) is 8.31. The summed E-state index contributed by atoms with van der Waals surface area (Å²) >= 11 is 1.44. The van der Waals surface area contributed by atoms with Crippen LogP contribution in [0.15, 0.2) is 53.9 Å². The molecule has 1 atom stereocenters. The fourth-order valence-electron chi connectivity index (χ4n) is 4.26. The monoisotopic (exact) mass is 465 g/mol. The number of amides is 1. The summed E-state index contributed by atoms with van der Waals surface area (Å²) in [7, 11) is 1.94. The molecule has 1 aliphatic rings. The van der Waals surface area contributed by atoms with Crippen molar-refractivity contribution in [1.82, 2.24) is 24.6 Å². The van der Waals surface area contributed by atoms with Gasteiger partial charge in [0.1, 0.15) is 5.75 Å². The number of carbonyl (C=O) groups excluding carboxylic acids is 1. The Hall–Kier alpha value is -2.87. The van der Waals surface area contributed by atoms with E-state index in [1.54, 1.807) is 12.4 Å². The van der Waals surface area contributed by atoms with Crippen LogP contribution in [0.3, 0.4) is 0 Å². The third-order valence-electron chi connectivity index (χ3n) is 6.06. The predicted molar refractivity (Wildman–Crippen MR) is 131 cm³/mol. The lowest BCUT2D eigenvalue weighted by molar-refractivity contribution is -0.131. The number of pyridine rings is 1. The molecular weight excluding hydrogens is 434 g/mol. The number of hydrogen-bond donors (Lipinski definition) is 0. The first-order valence-corrected chi connectivity index (χ1v) is 12.5. The maximum absolute atomic E-state index is 13.2. The standard InChI is InChI=1S/C25H31N5O2S/c1-4-32-22-14-12-21(13-15-22)30-23(19-9-8-16-26-17-19)27-28-25(30)33-18(2)24(31)29(3)20-10-6-5-7-11-20/h8-9,12-18,20H,4-7,10-11H2,1-3H3. The maximum Gasteiger partial charge on any atom is 0.235 e. The molecule has 1 saturated carbocycles. The van der Waals surface area contributed by atoms with E-state index in [1.807, 2.05) is 66.8 Å². The zero-order chi connectivity index (χ0) is 23.2. The van der Waals surface area contributed by atoms with Crippen molar-refractivity contribution in [1.29, 1.82) is 0 Å². The predicted octanol–water partition coefficient (Wildman–Crippen LogP) is 5.00. The van der Waals surface area contributed by atoms with Gasteiger partial charge in [-0.3, -0.25) is 14.3 Å². The number of ether oxygens (including phenoxy) is 1. The van der Waals surface area contributed by atoms with E-state index < -0.39 is 0 Å². The molecule has 0 aliphatic heterocycles. The van der Waals surface area contributed by atoms with Gasteiger partial charge in [-0.1, -0.05) is 31.0 Å². The van der Waals surface area contributed by atoms with Gasteiger partial charge in [-0.15, -0.1) is 10.2 Å². The second-order valence-corrected chi connectivity index (χ2v) is 9.62. The molecule has 0 N–H and O–H groups in total. The Kier molecular flexibility index (Phi) is 7.65. The van der Waals surface area contributed by atoms with Crippen molar-refractivity contribution in [2.45, 2.75) is 62.4 Å². The topological polar surface area (TPSA) is 73.1 Å². The first-order valence-electron chi connectivity index (χ1n) is 11.6. The zero-order valence-electron chi connectivity index (χ0n) is 19.5. The van der Waals surface area contributed by atoms with Crippen LogP contribution >= 0.6 is 11.8 Å². The highest BCUT2D eigenvalue weighted by atomic mass is 32.2. The van der Waals surface area contributed by atoms with Crippen LogP contribution in [0.1, 0.15) is 46.0 Å². The van der Waals surface area contributed by atoms with Crippen LogP contribution in [0.4, 0.5) is 0 Å². The third-order valence-corrected chi connectivity index (χ3v) is 7.09. The van der Waals surface area contributed by atoms with Crippen molar-refractivity contribution in [3.8, 4) is 22.8 Å². The van der Waals surface area contributed by atoms with Crippen LogP contribution in [0.2, 0.25) is 0 Å². The van der Waals surface area contributed by atoms with Crippen LogP contribution in [-0.2, 0) is 4.79 Å². The summed E-state index contributed by atoms with van der Waals surface area (Å²) in [5.41, 5.74) is 1.77. The van der Waals surface area contributed by atoms with Crippen molar-refractivity contribution in [2.24, 2.45) is 0 Å². The molecule has 3 aromatic rings. The van der Waals surface area contributed by atoms with Crippen molar-refractivity contribution in [3.05, 3.63) is 48.8 Å². The lowest BCUT2D eigenvalue weighted by atomic mass is 9.94. The van der Waals surface area contributed by atoms with E-state index in [0.717, 1.165) is 29.8 Å². The summed E-state index contributed by atoms with van der Waals surface area (Å²) in [4.78, 5) is 19.4. The normalized spacial score (nSPS) is 15.2. The van der Waals surface area contributed by atoms with Crippen molar-refractivity contribution >= 4 is 17.7 Å². The van der Waals surface area contributed by atoms with E-state index in [2.05, 4.69) is 15.2 Å². The summed E-state index contributed by atoms with van der Waals surface area (Å²) in [6.07, 6.45) is 9.35. The van der Waals surface area contributed by atoms with Gasteiger partial charge in [-0.2, -0.15) is 0 Å². The van der Waals surface area contributed by atoms with Gasteiger partial charge in [0.25, 0.3) is 0 Å². The van der Waals surface area contributed by atoms with E-state index in [0.29, 0.717) is 23.6 Å². The van der Waals surface area contributed by atoms with Crippen LogP contribution in [0, 0.1) is 0 Å². The van der Waals surface area contributed by atoms with Crippen LogP contribution in [0.5, 0.6) is 5.75 Å². The summed E-state index contributed by atoms with van der Waals surface area (Å²) < 4.78 is 7.59. The van der Waals surface area contributed by atoms with Gasteiger partial charge < -0.3 is 9.64 Å². The molecule has 174 valence electrons. The fourth-order valence-corrected chi connectivity index (χ4v) is 5.23. The molecule has 2 aromatic heterocycles. The van der Waals surface area contributed by atoms with Gasteiger partial charge in [0.05, 0.1) is 11.9 Å². The minimum absolute atomic E-state index is 0.135. The van der Waals surface area contributed by atoms with E-state index in [9.17, 15) is 4.79 Å². The molecule has 0 saturated heterocycles. The first-order chi connectivity index (χ1) is 16.1. The van der Waals surface area contributed by atoms with Crippen molar-refractivity contribution < 1.29 is 9.53 Å². The van der Waals surface area contributed by atoms with Gasteiger partial charge in [0, 0.05) is 36.7 Å². The molecule has 1 fully saturated rings. The average Bonchev–Trinajstić information content (AvgIpc) is 3.28. The Morgan fingerprint density at radius 3 is 2.61 bits per heavy atom. The fraction of sp³-hybridized carbons (Fsp3) is 0.440. The van der Waals surface area contributed by atoms with Gasteiger partial charge in [0.2, 0.25) is 5.91 Å². The SMILES string of the molecule is CCOc1ccc(-n2c(SC(C)C(=O)N(C)C3CCCCC3)nnc2-c2cccnc2)cc1. The van der Waals surface area contributed by atoms with E-state index in [1.165, 1.54) is 31.0 Å². The summed E-state index contributed by atoms with van der Waals surface area (Å²) in [6.45, 7) is 4.53. The Morgan fingerprint density at radius 2 is 1.94 bits per heavy atom. The van der Waals surface area contributed by atoms with Crippen LogP contribution < -0.4 is 4.74 Å². The minimum atomic E-state index is -0.274. The number of aromatic nitrogens is 4. The molecule has 33 heavy (non-hydrogen) atoms. The lowest BCUT2D eigenvalue weighted by Crippen LogP contribution is -2.42. The number of nitrogens with zero attached hydrogens (tertiary/aromatic N) is 5. The molecule has 4 rings (SSSR count). The van der Waals surface area contributed by atoms with Crippen molar-refractivity contribution in [3.63, 3.8) is 0 Å². The highest BCUT2D eigenvalue weighted by Crippen LogP contribution is 2.32. The Morgan fingerprint density at radius 1 is 1.18 bits per heavy atom. The lowest BCUT2D eigenvalue weighted by Gasteiger charge is -2.32. The summed E-state index contributed by atoms with van der Waals surface area (Å²) in [5, 5.41) is 9.34. The van der Waals surface area contributed by atoms with Crippen molar-refractivity contribution in [2.75, 3.05) is 13.7 Å². The van der Waals surface area contributed by atoms with E-state index >= 15 is 0 Å². The number of thioether (sulfide) groups is 1. The highest BCUT2D eigenvalue weighted by Gasteiger charge is 2.28. The molecule has 1 aliphatic carbocycles.